The number of thiophene rings is 1. The maximum absolute atomic E-state index is 12.6. The predicted octanol–water partition coefficient (Wildman–Crippen LogP) is 5.72. The third-order valence-electron chi connectivity index (χ3n) is 5.13. The van der Waals surface area contributed by atoms with Crippen LogP contribution >= 0.6 is 46.3 Å². The quantitative estimate of drug-likeness (QED) is 0.364. The van der Waals surface area contributed by atoms with Crippen molar-refractivity contribution < 1.29 is 4.79 Å². The maximum atomic E-state index is 12.6. The van der Waals surface area contributed by atoms with E-state index in [0.717, 1.165) is 36.8 Å². The molecule has 0 saturated carbocycles. The first-order valence-electron chi connectivity index (χ1n) is 9.80. The summed E-state index contributed by atoms with van der Waals surface area (Å²) in [7, 11) is 1.84. The third-order valence-corrected chi connectivity index (χ3v) is 8.10. The number of thioether (sulfide) groups is 1. The molecule has 10 heteroatoms. The van der Waals surface area contributed by atoms with E-state index in [1.165, 1.54) is 34.4 Å². The van der Waals surface area contributed by atoms with Gasteiger partial charge in [-0.05, 0) is 49.4 Å². The number of benzene rings is 1. The van der Waals surface area contributed by atoms with Gasteiger partial charge in [-0.25, -0.2) is 0 Å². The number of rotatable bonds is 5. The smallest absolute Gasteiger partial charge is 0.235 e. The summed E-state index contributed by atoms with van der Waals surface area (Å²) in [5.74, 6) is 0.632. The van der Waals surface area contributed by atoms with Crippen molar-refractivity contribution in [3.05, 3.63) is 44.2 Å². The Balaban J connectivity index is 1.44. The van der Waals surface area contributed by atoms with Crippen molar-refractivity contribution in [2.24, 2.45) is 7.05 Å². The Morgan fingerprint density at radius 3 is 2.84 bits per heavy atom. The van der Waals surface area contributed by atoms with Crippen LogP contribution in [0.5, 0.6) is 0 Å². The molecule has 1 aliphatic rings. The Kier molecular flexibility index (Phi) is 6.87. The number of hydrogen-bond donors (Lipinski definition) is 1. The lowest BCUT2D eigenvalue weighted by Gasteiger charge is -2.06. The maximum Gasteiger partial charge on any atom is 0.235 e. The lowest BCUT2D eigenvalue weighted by atomic mass is 10.1. The molecule has 1 amide bonds. The van der Waals surface area contributed by atoms with Crippen LogP contribution in [0.25, 0.3) is 11.4 Å². The second-order valence-corrected chi connectivity index (χ2v) is 10.1. The van der Waals surface area contributed by atoms with Crippen LogP contribution in [0.15, 0.2) is 23.4 Å². The number of hydrogen-bond acceptors (Lipinski definition) is 6. The number of aryl methyl sites for hydroxylation is 1. The number of aromatic nitrogens is 3. The molecule has 0 saturated heterocycles. The molecular formula is C21H19Cl2N5OS2. The fourth-order valence-electron chi connectivity index (χ4n) is 3.57. The lowest BCUT2D eigenvalue weighted by Crippen LogP contribution is -2.14. The minimum Gasteiger partial charge on any atom is -0.316 e. The summed E-state index contributed by atoms with van der Waals surface area (Å²) in [5, 5.41) is 23.1. The van der Waals surface area contributed by atoms with Gasteiger partial charge in [0.2, 0.25) is 5.91 Å². The molecule has 160 valence electrons. The van der Waals surface area contributed by atoms with Crippen molar-refractivity contribution in [3.8, 4) is 17.5 Å². The van der Waals surface area contributed by atoms with Crippen molar-refractivity contribution >= 4 is 57.2 Å². The van der Waals surface area contributed by atoms with E-state index in [1.807, 2.05) is 17.7 Å². The molecule has 0 atom stereocenters. The topological polar surface area (TPSA) is 83.6 Å². The zero-order valence-electron chi connectivity index (χ0n) is 16.7. The predicted molar refractivity (Wildman–Crippen MR) is 126 cm³/mol. The molecule has 0 spiro atoms. The molecule has 0 unspecified atom stereocenters. The molecule has 0 radical (unpaired) electrons. The molecule has 0 bridgehead atoms. The average Bonchev–Trinajstić information content (AvgIpc) is 3.18. The van der Waals surface area contributed by atoms with E-state index >= 15 is 0 Å². The number of carbonyl (C=O) groups is 1. The Morgan fingerprint density at radius 2 is 2.06 bits per heavy atom. The number of amides is 1. The van der Waals surface area contributed by atoms with Gasteiger partial charge in [0.15, 0.2) is 11.0 Å². The lowest BCUT2D eigenvalue weighted by molar-refractivity contribution is -0.113. The fourth-order valence-corrected chi connectivity index (χ4v) is 5.83. The minimum absolute atomic E-state index is 0.167. The highest BCUT2D eigenvalue weighted by Crippen LogP contribution is 2.37. The van der Waals surface area contributed by atoms with Crippen LogP contribution in [-0.4, -0.2) is 26.4 Å². The molecule has 4 rings (SSSR count). The molecule has 0 fully saturated rings. The van der Waals surface area contributed by atoms with Crippen LogP contribution < -0.4 is 5.32 Å². The Bertz CT molecular complexity index is 1180. The van der Waals surface area contributed by atoms with Crippen molar-refractivity contribution in [1.29, 1.82) is 5.26 Å². The second kappa shape index (κ2) is 9.61. The molecule has 3 aromatic rings. The minimum atomic E-state index is -0.169. The standard InChI is InChI=1S/C21H19Cl2N5OS2/c1-28-19(12-7-8-15(22)16(23)9-12)26-27-21(28)30-11-18(29)25-20-14(10-24)13-5-3-2-4-6-17(13)31-20/h7-9H,2-6,11H2,1H3,(H,25,29). The zero-order valence-corrected chi connectivity index (χ0v) is 19.9. The van der Waals surface area contributed by atoms with Crippen LogP contribution in [0.1, 0.15) is 35.3 Å². The zero-order chi connectivity index (χ0) is 22.0. The molecule has 0 aliphatic heterocycles. The molecule has 1 N–H and O–H groups in total. The highest BCUT2D eigenvalue weighted by molar-refractivity contribution is 7.99. The number of nitrogens with zero attached hydrogens (tertiary/aromatic N) is 4. The summed E-state index contributed by atoms with van der Waals surface area (Å²) in [5.41, 5.74) is 2.53. The fraction of sp³-hybridized carbons (Fsp3) is 0.333. The number of carbonyl (C=O) groups excluding carboxylic acids is 1. The normalized spacial score (nSPS) is 13.4. The van der Waals surface area contributed by atoms with Gasteiger partial charge in [0.25, 0.3) is 0 Å². The number of halogens is 2. The van der Waals surface area contributed by atoms with Crippen molar-refractivity contribution in [2.45, 2.75) is 37.3 Å². The van der Waals surface area contributed by atoms with Crippen LogP contribution in [0, 0.1) is 11.3 Å². The summed E-state index contributed by atoms with van der Waals surface area (Å²) in [6, 6.07) is 7.56. The SMILES string of the molecule is Cn1c(SCC(=O)Nc2sc3c(c2C#N)CCCCC3)nnc1-c1ccc(Cl)c(Cl)c1. The first kappa shape index (κ1) is 22.2. The number of anilines is 1. The van der Waals surface area contributed by atoms with E-state index in [1.54, 1.807) is 12.1 Å². The van der Waals surface area contributed by atoms with Gasteiger partial charge >= 0.3 is 0 Å². The second-order valence-electron chi connectivity index (χ2n) is 7.21. The van der Waals surface area contributed by atoms with Crippen molar-refractivity contribution in [1.82, 2.24) is 14.8 Å². The first-order chi connectivity index (χ1) is 15.0. The number of nitrogens with one attached hydrogen (secondary N) is 1. The molecule has 6 nitrogen and oxygen atoms in total. The molecule has 1 aromatic carbocycles. The van der Waals surface area contributed by atoms with E-state index in [2.05, 4.69) is 21.6 Å². The summed E-state index contributed by atoms with van der Waals surface area (Å²) >= 11 is 14.9. The first-order valence-corrected chi connectivity index (χ1v) is 12.4. The molecular weight excluding hydrogens is 473 g/mol. The summed E-state index contributed by atoms with van der Waals surface area (Å²) in [4.78, 5) is 13.8. The van der Waals surface area contributed by atoms with Gasteiger partial charge in [-0.3, -0.25) is 4.79 Å². The van der Waals surface area contributed by atoms with Crippen molar-refractivity contribution in [3.63, 3.8) is 0 Å². The van der Waals surface area contributed by atoms with E-state index in [0.29, 0.717) is 31.6 Å². The van der Waals surface area contributed by atoms with Gasteiger partial charge in [0.05, 0.1) is 21.4 Å². The summed E-state index contributed by atoms with van der Waals surface area (Å²) in [6.45, 7) is 0. The highest BCUT2D eigenvalue weighted by atomic mass is 35.5. The van der Waals surface area contributed by atoms with Gasteiger partial charge in [0, 0.05) is 17.5 Å². The number of nitriles is 1. The summed E-state index contributed by atoms with van der Waals surface area (Å²) in [6.07, 6.45) is 5.31. The van der Waals surface area contributed by atoms with Crippen LogP contribution in [-0.2, 0) is 24.7 Å². The van der Waals surface area contributed by atoms with Crippen LogP contribution in [0.3, 0.4) is 0 Å². The monoisotopic (exact) mass is 491 g/mol. The van der Waals surface area contributed by atoms with E-state index in [4.69, 9.17) is 23.2 Å². The van der Waals surface area contributed by atoms with E-state index < -0.39 is 0 Å². The molecule has 2 aromatic heterocycles. The average molecular weight is 492 g/mol. The Morgan fingerprint density at radius 1 is 1.26 bits per heavy atom. The molecule has 2 heterocycles. The van der Waals surface area contributed by atoms with E-state index in [9.17, 15) is 10.1 Å². The third kappa shape index (κ3) is 4.75. The summed E-state index contributed by atoms with van der Waals surface area (Å²) < 4.78 is 1.81. The highest BCUT2D eigenvalue weighted by Gasteiger charge is 2.21. The van der Waals surface area contributed by atoms with Gasteiger partial charge in [-0.1, -0.05) is 41.4 Å². The number of fused-ring (bicyclic) bond motifs is 1. The Labute approximate surface area is 198 Å². The van der Waals surface area contributed by atoms with Crippen LogP contribution in [0.4, 0.5) is 5.00 Å². The van der Waals surface area contributed by atoms with Gasteiger partial charge in [0.1, 0.15) is 11.1 Å². The molecule has 31 heavy (non-hydrogen) atoms. The van der Waals surface area contributed by atoms with Crippen molar-refractivity contribution in [2.75, 3.05) is 11.1 Å². The Hall–Kier alpha value is -2.05. The van der Waals surface area contributed by atoms with Gasteiger partial charge in [-0.15, -0.1) is 21.5 Å². The largest absolute Gasteiger partial charge is 0.316 e. The molecule has 1 aliphatic carbocycles. The van der Waals surface area contributed by atoms with E-state index in [-0.39, 0.29) is 11.7 Å². The van der Waals surface area contributed by atoms with Gasteiger partial charge < -0.3 is 9.88 Å². The van der Waals surface area contributed by atoms with Gasteiger partial charge in [-0.2, -0.15) is 5.26 Å². The van der Waals surface area contributed by atoms with Crippen LogP contribution in [0.2, 0.25) is 10.0 Å².